The number of imide groups is 1. The number of amides is 2. The minimum atomic E-state index is -0.665. The van der Waals surface area contributed by atoms with Gasteiger partial charge in [0.25, 0.3) is 11.8 Å². The molecule has 0 saturated carbocycles. The molecule has 2 amide bonds. The molecule has 1 N–H and O–H groups in total. The third kappa shape index (κ3) is 6.87. The van der Waals surface area contributed by atoms with Crippen molar-refractivity contribution >= 4 is 17.8 Å². The molecule has 3 aromatic carbocycles. The number of likely N-dealkylation sites (tertiary alicyclic amines) is 1. The highest BCUT2D eigenvalue weighted by Crippen LogP contribution is 2.39. The molecule has 9 heteroatoms. The maximum absolute atomic E-state index is 13.0. The Hall–Kier alpha value is -3.89. The molecule has 2 fully saturated rings. The standard InChI is InChI=1S/C36H40N2O7/c1-36(2,3)45-34(42)30-9-6-18-37(30)21-27-19-31(25-14-12-24(22-39)13-15-25)44-35(43-27)26-16-10-23(11-17-26)20-38-32(40)28-7-4-5-8-29(28)33(38)41/h4-5,7-8,10-17,27,30-31,35,39H,6,9,18-22H2,1-3H3. The first-order valence-electron chi connectivity index (χ1n) is 15.6. The molecule has 0 bridgehead atoms. The van der Waals surface area contributed by atoms with E-state index in [-0.39, 0.29) is 49.2 Å². The van der Waals surface area contributed by atoms with Gasteiger partial charge in [-0.15, -0.1) is 0 Å². The second-order valence-electron chi connectivity index (χ2n) is 13.0. The fourth-order valence-electron chi connectivity index (χ4n) is 6.32. The number of nitrogens with zero attached hydrogens (tertiary/aromatic N) is 2. The van der Waals surface area contributed by atoms with Crippen molar-refractivity contribution in [2.24, 2.45) is 0 Å². The molecule has 3 aliphatic heterocycles. The van der Waals surface area contributed by atoms with Gasteiger partial charge in [0.2, 0.25) is 0 Å². The van der Waals surface area contributed by atoms with Crippen molar-refractivity contribution in [3.8, 4) is 0 Å². The second kappa shape index (κ2) is 12.8. The third-order valence-electron chi connectivity index (χ3n) is 8.57. The van der Waals surface area contributed by atoms with Crippen LogP contribution in [0.25, 0.3) is 0 Å². The summed E-state index contributed by atoms with van der Waals surface area (Å²) in [6.45, 7) is 7.14. The SMILES string of the molecule is CC(C)(C)OC(=O)C1CCCN1CC1CC(c2ccc(CO)cc2)OC(c2ccc(CN3C(=O)c4ccccc4C3=O)cc2)O1. The summed E-state index contributed by atoms with van der Waals surface area (Å²) in [7, 11) is 0. The number of benzene rings is 3. The molecule has 4 unspecified atom stereocenters. The number of rotatable bonds is 8. The van der Waals surface area contributed by atoms with Crippen LogP contribution in [0.2, 0.25) is 0 Å². The zero-order valence-corrected chi connectivity index (χ0v) is 26.0. The van der Waals surface area contributed by atoms with E-state index in [0.29, 0.717) is 24.1 Å². The van der Waals surface area contributed by atoms with E-state index in [9.17, 15) is 19.5 Å². The van der Waals surface area contributed by atoms with Crippen LogP contribution in [0.3, 0.4) is 0 Å². The molecule has 0 spiro atoms. The first kappa shape index (κ1) is 31.1. The number of carbonyl (C=O) groups is 3. The first-order valence-corrected chi connectivity index (χ1v) is 15.6. The van der Waals surface area contributed by atoms with E-state index >= 15 is 0 Å². The van der Waals surface area contributed by atoms with E-state index < -0.39 is 11.9 Å². The summed E-state index contributed by atoms with van der Waals surface area (Å²) >= 11 is 0. The lowest BCUT2D eigenvalue weighted by molar-refractivity contribution is -0.253. The molecule has 3 heterocycles. The van der Waals surface area contributed by atoms with Gasteiger partial charge in [0.15, 0.2) is 6.29 Å². The lowest BCUT2D eigenvalue weighted by Crippen LogP contribution is -2.45. The van der Waals surface area contributed by atoms with Crippen molar-refractivity contribution in [3.05, 3.63) is 106 Å². The fourth-order valence-corrected chi connectivity index (χ4v) is 6.32. The van der Waals surface area contributed by atoms with E-state index in [2.05, 4.69) is 4.90 Å². The summed E-state index contributed by atoms with van der Waals surface area (Å²) < 4.78 is 18.8. The van der Waals surface area contributed by atoms with Crippen molar-refractivity contribution in [1.82, 2.24) is 9.80 Å². The number of carbonyl (C=O) groups excluding carboxylic acids is 3. The largest absolute Gasteiger partial charge is 0.459 e. The van der Waals surface area contributed by atoms with Gasteiger partial charge in [-0.3, -0.25) is 24.2 Å². The van der Waals surface area contributed by atoms with Gasteiger partial charge < -0.3 is 19.3 Å². The normalized spacial score (nSPS) is 23.8. The average Bonchev–Trinajstić information content (AvgIpc) is 3.59. The van der Waals surface area contributed by atoms with Gasteiger partial charge >= 0.3 is 5.97 Å². The summed E-state index contributed by atoms with van der Waals surface area (Å²) in [5, 5.41) is 9.52. The molecule has 0 radical (unpaired) electrons. The first-order chi connectivity index (χ1) is 21.6. The lowest BCUT2D eigenvalue weighted by Gasteiger charge is -2.38. The van der Waals surface area contributed by atoms with Crippen LogP contribution in [0.1, 0.15) is 95.4 Å². The molecular weight excluding hydrogens is 572 g/mol. The van der Waals surface area contributed by atoms with Crippen LogP contribution >= 0.6 is 0 Å². The maximum atomic E-state index is 13.0. The smallest absolute Gasteiger partial charge is 0.323 e. The lowest BCUT2D eigenvalue weighted by atomic mass is 9.99. The molecule has 4 atom stereocenters. The quantitative estimate of drug-likeness (QED) is 0.269. The van der Waals surface area contributed by atoms with E-state index in [0.717, 1.165) is 41.6 Å². The van der Waals surface area contributed by atoms with Crippen molar-refractivity contribution in [1.29, 1.82) is 0 Å². The van der Waals surface area contributed by atoms with Gasteiger partial charge in [-0.1, -0.05) is 60.7 Å². The fraction of sp³-hybridized carbons (Fsp3) is 0.417. The predicted molar refractivity (Wildman–Crippen MR) is 166 cm³/mol. The Morgan fingerprint density at radius 1 is 0.889 bits per heavy atom. The van der Waals surface area contributed by atoms with Crippen molar-refractivity contribution in [2.75, 3.05) is 13.1 Å². The monoisotopic (exact) mass is 612 g/mol. The van der Waals surface area contributed by atoms with E-state index in [1.54, 1.807) is 24.3 Å². The topological polar surface area (TPSA) is 106 Å². The molecule has 0 aliphatic carbocycles. The highest BCUT2D eigenvalue weighted by Gasteiger charge is 2.39. The molecule has 6 rings (SSSR count). The van der Waals surface area contributed by atoms with Crippen LogP contribution in [-0.2, 0) is 32.2 Å². The zero-order chi connectivity index (χ0) is 31.7. The Kier molecular flexibility index (Phi) is 8.88. The summed E-state index contributed by atoms with van der Waals surface area (Å²) in [5.74, 6) is -0.778. The van der Waals surface area contributed by atoms with Gasteiger partial charge in [0.05, 0.1) is 36.5 Å². The summed E-state index contributed by atoms with van der Waals surface area (Å²) in [6.07, 6.45) is 1.13. The highest BCUT2D eigenvalue weighted by atomic mass is 16.7. The van der Waals surface area contributed by atoms with Crippen LogP contribution in [0, 0.1) is 0 Å². The predicted octanol–water partition coefficient (Wildman–Crippen LogP) is 5.33. The Bertz CT molecular complexity index is 1510. The number of hydrogen-bond donors (Lipinski definition) is 1. The maximum Gasteiger partial charge on any atom is 0.323 e. The van der Waals surface area contributed by atoms with Gasteiger partial charge in [0, 0.05) is 18.5 Å². The number of hydrogen-bond acceptors (Lipinski definition) is 8. The van der Waals surface area contributed by atoms with Crippen LogP contribution in [0.15, 0.2) is 72.8 Å². The van der Waals surface area contributed by atoms with Crippen molar-refractivity contribution < 1.29 is 33.7 Å². The molecule has 3 aliphatic rings. The number of aliphatic hydroxyl groups is 1. The van der Waals surface area contributed by atoms with Crippen LogP contribution < -0.4 is 0 Å². The number of ether oxygens (including phenoxy) is 3. The molecule has 3 aromatic rings. The van der Waals surface area contributed by atoms with E-state index in [1.807, 2.05) is 69.3 Å². The third-order valence-corrected chi connectivity index (χ3v) is 8.57. The van der Waals surface area contributed by atoms with E-state index in [1.165, 1.54) is 4.90 Å². The van der Waals surface area contributed by atoms with Gasteiger partial charge in [-0.25, -0.2) is 0 Å². The molecule has 9 nitrogen and oxygen atoms in total. The Morgan fingerprint density at radius 2 is 1.51 bits per heavy atom. The molecule has 45 heavy (non-hydrogen) atoms. The summed E-state index contributed by atoms with van der Waals surface area (Å²) in [6, 6.07) is 21.9. The number of esters is 1. The summed E-state index contributed by atoms with van der Waals surface area (Å²) in [5.41, 5.74) is 3.74. The van der Waals surface area contributed by atoms with Crippen LogP contribution in [0.4, 0.5) is 0 Å². The molecular formula is C36H40N2O7. The van der Waals surface area contributed by atoms with E-state index in [4.69, 9.17) is 14.2 Å². The van der Waals surface area contributed by atoms with Crippen LogP contribution in [0.5, 0.6) is 0 Å². The molecule has 2 saturated heterocycles. The van der Waals surface area contributed by atoms with Crippen molar-refractivity contribution in [2.45, 2.75) is 83.3 Å². The number of aliphatic hydroxyl groups excluding tert-OH is 1. The highest BCUT2D eigenvalue weighted by molar-refractivity contribution is 6.21. The Labute approximate surface area is 263 Å². The van der Waals surface area contributed by atoms with Gasteiger partial charge in [0.1, 0.15) is 11.6 Å². The minimum absolute atomic E-state index is 0.0335. The second-order valence-corrected chi connectivity index (χ2v) is 13.0. The zero-order valence-electron chi connectivity index (χ0n) is 26.0. The number of fused-ring (bicyclic) bond motifs is 1. The van der Waals surface area contributed by atoms with Gasteiger partial charge in [-0.05, 0) is 69.0 Å². The molecule has 0 aromatic heterocycles. The van der Waals surface area contributed by atoms with Crippen molar-refractivity contribution in [3.63, 3.8) is 0 Å². The Morgan fingerprint density at radius 3 is 2.13 bits per heavy atom. The van der Waals surface area contributed by atoms with Crippen LogP contribution in [-0.4, -0.2) is 63.5 Å². The Balaban J connectivity index is 1.19. The average molecular weight is 613 g/mol. The minimum Gasteiger partial charge on any atom is -0.459 e. The molecule has 236 valence electrons. The summed E-state index contributed by atoms with van der Waals surface area (Å²) in [4.78, 5) is 42.2. The van der Waals surface area contributed by atoms with Gasteiger partial charge in [-0.2, -0.15) is 0 Å².